The summed E-state index contributed by atoms with van der Waals surface area (Å²) < 4.78 is 0. The second-order valence-electron chi connectivity index (χ2n) is 7.18. The summed E-state index contributed by atoms with van der Waals surface area (Å²) >= 11 is 0. The molecule has 0 bridgehead atoms. The predicted octanol–water partition coefficient (Wildman–Crippen LogP) is 3.40. The molecule has 0 radical (unpaired) electrons. The van der Waals surface area contributed by atoms with Crippen molar-refractivity contribution in [3.8, 4) is 0 Å². The predicted molar refractivity (Wildman–Crippen MR) is 85.1 cm³/mol. The lowest BCUT2D eigenvalue weighted by Crippen LogP contribution is -2.54. The SMILES string of the molecule is CC1(C)CC(N2CCC(c3ccccc3)CC2)CCN1. The maximum atomic E-state index is 3.64. The van der Waals surface area contributed by atoms with Crippen LogP contribution >= 0.6 is 0 Å². The number of nitrogens with zero attached hydrogens (tertiary/aromatic N) is 1. The molecule has 0 amide bonds. The summed E-state index contributed by atoms with van der Waals surface area (Å²) in [6, 6.07) is 11.9. The van der Waals surface area contributed by atoms with Crippen molar-refractivity contribution < 1.29 is 0 Å². The minimum absolute atomic E-state index is 0.319. The summed E-state index contributed by atoms with van der Waals surface area (Å²) in [7, 11) is 0. The van der Waals surface area contributed by atoms with Crippen molar-refractivity contribution in [1.82, 2.24) is 10.2 Å². The summed E-state index contributed by atoms with van der Waals surface area (Å²) in [4.78, 5) is 2.75. The highest BCUT2D eigenvalue weighted by atomic mass is 15.2. The van der Waals surface area contributed by atoms with Crippen molar-refractivity contribution in [1.29, 1.82) is 0 Å². The molecule has 2 aliphatic rings. The molecule has 2 aliphatic heterocycles. The van der Waals surface area contributed by atoms with Crippen molar-refractivity contribution in [2.24, 2.45) is 0 Å². The Bertz CT molecular complexity index is 418. The van der Waals surface area contributed by atoms with E-state index in [1.165, 1.54) is 50.9 Å². The second-order valence-corrected chi connectivity index (χ2v) is 7.18. The van der Waals surface area contributed by atoms with Crippen molar-refractivity contribution in [3.63, 3.8) is 0 Å². The second kappa shape index (κ2) is 5.87. The van der Waals surface area contributed by atoms with Crippen molar-refractivity contribution in [2.45, 2.75) is 57.0 Å². The van der Waals surface area contributed by atoms with Crippen LogP contribution in [0.3, 0.4) is 0 Å². The van der Waals surface area contributed by atoms with Gasteiger partial charge in [-0.05, 0) is 70.6 Å². The Labute approximate surface area is 123 Å². The van der Waals surface area contributed by atoms with Crippen LogP contribution in [0.1, 0.15) is 51.0 Å². The van der Waals surface area contributed by atoms with Gasteiger partial charge in [0.1, 0.15) is 0 Å². The number of piperidine rings is 2. The topological polar surface area (TPSA) is 15.3 Å². The van der Waals surface area contributed by atoms with Crippen LogP contribution in [-0.2, 0) is 0 Å². The number of rotatable bonds is 2. The molecule has 20 heavy (non-hydrogen) atoms. The molecule has 2 fully saturated rings. The quantitative estimate of drug-likeness (QED) is 0.887. The van der Waals surface area contributed by atoms with E-state index in [4.69, 9.17) is 0 Å². The number of nitrogens with one attached hydrogen (secondary N) is 1. The van der Waals surface area contributed by atoms with Gasteiger partial charge in [0.2, 0.25) is 0 Å². The van der Waals surface area contributed by atoms with E-state index in [1.54, 1.807) is 0 Å². The van der Waals surface area contributed by atoms with Crippen LogP contribution in [0, 0.1) is 0 Å². The fourth-order valence-corrected chi connectivity index (χ4v) is 3.98. The zero-order valence-corrected chi connectivity index (χ0v) is 12.9. The molecule has 2 heteroatoms. The highest BCUT2D eigenvalue weighted by Gasteiger charge is 2.32. The van der Waals surface area contributed by atoms with Crippen molar-refractivity contribution >= 4 is 0 Å². The maximum Gasteiger partial charge on any atom is 0.0140 e. The summed E-state index contributed by atoms with van der Waals surface area (Å²) in [5, 5.41) is 3.64. The molecular formula is C18H28N2. The maximum absolute atomic E-state index is 3.64. The molecule has 110 valence electrons. The van der Waals surface area contributed by atoms with Gasteiger partial charge in [0.15, 0.2) is 0 Å². The van der Waals surface area contributed by atoms with E-state index in [0.29, 0.717) is 5.54 Å². The average molecular weight is 272 g/mol. The van der Waals surface area contributed by atoms with E-state index < -0.39 is 0 Å². The molecule has 1 aromatic carbocycles. The fraction of sp³-hybridized carbons (Fsp3) is 0.667. The molecule has 0 spiro atoms. The molecule has 0 saturated carbocycles. The summed E-state index contributed by atoms with van der Waals surface area (Å²) in [5.41, 5.74) is 1.86. The number of benzene rings is 1. The van der Waals surface area contributed by atoms with Crippen molar-refractivity contribution in [3.05, 3.63) is 35.9 Å². The van der Waals surface area contributed by atoms with E-state index >= 15 is 0 Å². The third kappa shape index (κ3) is 3.24. The van der Waals surface area contributed by atoms with Gasteiger partial charge in [-0.15, -0.1) is 0 Å². The third-order valence-corrected chi connectivity index (χ3v) is 5.14. The molecule has 2 saturated heterocycles. The van der Waals surface area contributed by atoms with Crippen LogP contribution in [0.15, 0.2) is 30.3 Å². The normalized spacial score (nSPS) is 28.4. The van der Waals surface area contributed by atoms with Crippen LogP contribution < -0.4 is 5.32 Å². The smallest absolute Gasteiger partial charge is 0.0140 e. The Kier molecular flexibility index (Phi) is 4.13. The number of likely N-dealkylation sites (tertiary alicyclic amines) is 1. The Balaban J connectivity index is 1.56. The summed E-state index contributed by atoms with van der Waals surface area (Å²) in [6.07, 6.45) is 5.27. The average Bonchev–Trinajstić information content (AvgIpc) is 2.47. The third-order valence-electron chi connectivity index (χ3n) is 5.14. The number of hydrogen-bond acceptors (Lipinski definition) is 2. The largest absolute Gasteiger partial charge is 0.312 e. The lowest BCUT2D eigenvalue weighted by Gasteiger charge is -2.44. The minimum atomic E-state index is 0.319. The van der Waals surface area contributed by atoms with Gasteiger partial charge in [-0.2, -0.15) is 0 Å². The fourth-order valence-electron chi connectivity index (χ4n) is 3.98. The Hall–Kier alpha value is -0.860. The minimum Gasteiger partial charge on any atom is -0.312 e. The zero-order valence-electron chi connectivity index (χ0n) is 12.9. The lowest BCUT2D eigenvalue weighted by atomic mass is 9.85. The van der Waals surface area contributed by atoms with Crippen LogP contribution in [-0.4, -0.2) is 36.1 Å². The highest BCUT2D eigenvalue weighted by Crippen LogP contribution is 2.31. The molecule has 1 aromatic rings. The van der Waals surface area contributed by atoms with E-state index in [1.807, 2.05) is 0 Å². The van der Waals surface area contributed by atoms with E-state index in [9.17, 15) is 0 Å². The first-order valence-corrected chi connectivity index (χ1v) is 8.18. The Morgan fingerprint density at radius 1 is 1.05 bits per heavy atom. The van der Waals surface area contributed by atoms with E-state index in [-0.39, 0.29) is 0 Å². The first-order chi connectivity index (χ1) is 9.64. The Morgan fingerprint density at radius 2 is 1.75 bits per heavy atom. The molecule has 3 rings (SSSR count). The standard InChI is InChI=1S/C18H28N2/c1-18(2)14-17(8-11-19-18)20-12-9-16(10-13-20)15-6-4-3-5-7-15/h3-7,16-17,19H,8-14H2,1-2H3. The first-order valence-electron chi connectivity index (χ1n) is 8.18. The zero-order chi connectivity index (χ0) is 14.0. The van der Waals surface area contributed by atoms with Gasteiger partial charge in [-0.25, -0.2) is 0 Å². The first kappa shape index (κ1) is 14.1. The van der Waals surface area contributed by atoms with Crippen LogP contribution in [0.4, 0.5) is 0 Å². The molecule has 0 aliphatic carbocycles. The molecule has 1 unspecified atom stereocenters. The van der Waals surface area contributed by atoms with Gasteiger partial charge in [-0.1, -0.05) is 30.3 Å². The molecular weight excluding hydrogens is 244 g/mol. The monoisotopic (exact) mass is 272 g/mol. The molecule has 2 heterocycles. The molecule has 1 N–H and O–H groups in total. The van der Waals surface area contributed by atoms with Gasteiger partial charge < -0.3 is 10.2 Å². The van der Waals surface area contributed by atoms with Crippen LogP contribution in [0.5, 0.6) is 0 Å². The molecule has 2 nitrogen and oxygen atoms in total. The summed E-state index contributed by atoms with van der Waals surface area (Å²) in [5.74, 6) is 0.780. The lowest BCUT2D eigenvalue weighted by molar-refractivity contribution is 0.0943. The molecule has 1 atom stereocenters. The van der Waals surface area contributed by atoms with E-state index in [0.717, 1.165) is 12.0 Å². The van der Waals surface area contributed by atoms with E-state index in [2.05, 4.69) is 54.4 Å². The van der Waals surface area contributed by atoms with Gasteiger partial charge in [0, 0.05) is 11.6 Å². The van der Waals surface area contributed by atoms with Crippen LogP contribution in [0.2, 0.25) is 0 Å². The number of hydrogen-bond donors (Lipinski definition) is 1. The summed E-state index contributed by atoms with van der Waals surface area (Å²) in [6.45, 7) is 8.42. The highest BCUT2D eigenvalue weighted by molar-refractivity contribution is 5.20. The Morgan fingerprint density at radius 3 is 2.40 bits per heavy atom. The molecule has 0 aromatic heterocycles. The van der Waals surface area contributed by atoms with Gasteiger partial charge in [-0.3, -0.25) is 0 Å². The van der Waals surface area contributed by atoms with Gasteiger partial charge in [0.05, 0.1) is 0 Å². The van der Waals surface area contributed by atoms with Crippen LogP contribution in [0.25, 0.3) is 0 Å². The van der Waals surface area contributed by atoms with Crippen molar-refractivity contribution in [2.75, 3.05) is 19.6 Å². The van der Waals surface area contributed by atoms with Gasteiger partial charge >= 0.3 is 0 Å². The van der Waals surface area contributed by atoms with Gasteiger partial charge in [0.25, 0.3) is 0 Å².